The monoisotopic (exact) mass is 262 g/mol. The molecular formula is C14H18N2OS. The second-order valence-corrected chi connectivity index (χ2v) is 5.55. The lowest BCUT2D eigenvalue weighted by atomic mass is 10.1. The van der Waals surface area contributed by atoms with Gasteiger partial charge in [-0.1, -0.05) is 0 Å². The van der Waals surface area contributed by atoms with E-state index >= 15 is 0 Å². The van der Waals surface area contributed by atoms with E-state index < -0.39 is 0 Å². The topological polar surface area (TPSA) is 47.3 Å². The van der Waals surface area contributed by atoms with Gasteiger partial charge in [0.05, 0.1) is 7.11 Å². The van der Waals surface area contributed by atoms with Crippen molar-refractivity contribution in [2.45, 2.75) is 20.0 Å². The molecule has 0 radical (unpaired) electrons. The summed E-state index contributed by atoms with van der Waals surface area (Å²) in [4.78, 5) is 2.68. The first kappa shape index (κ1) is 12.9. The Labute approximate surface area is 112 Å². The number of ether oxygens (including phenoxy) is 1. The van der Waals surface area contributed by atoms with E-state index in [2.05, 4.69) is 24.4 Å². The second kappa shape index (κ2) is 5.89. The van der Waals surface area contributed by atoms with Crippen LogP contribution in [0.2, 0.25) is 0 Å². The summed E-state index contributed by atoms with van der Waals surface area (Å²) in [5.74, 6) is 0.841. The summed E-state index contributed by atoms with van der Waals surface area (Å²) in [7, 11) is 1.66. The number of hydrogen-bond acceptors (Lipinski definition) is 4. The van der Waals surface area contributed by atoms with Crippen LogP contribution < -0.4 is 15.8 Å². The number of methoxy groups -OCH3 is 1. The molecule has 0 aliphatic rings. The molecule has 0 atom stereocenters. The predicted molar refractivity (Wildman–Crippen MR) is 77.0 cm³/mol. The number of rotatable bonds is 5. The molecule has 1 aromatic heterocycles. The summed E-state index contributed by atoms with van der Waals surface area (Å²) < 4.78 is 5.20. The van der Waals surface area contributed by atoms with Crippen LogP contribution in [-0.2, 0) is 13.1 Å². The van der Waals surface area contributed by atoms with Crippen LogP contribution in [0.5, 0.6) is 5.75 Å². The Hall–Kier alpha value is -1.52. The molecule has 1 heterocycles. The van der Waals surface area contributed by atoms with Gasteiger partial charge in [-0.3, -0.25) is 0 Å². The van der Waals surface area contributed by atoms with Gasteiger partial charge in [-0.05, 0) is 42.8 Å². The molecule has 3 nitrogen and oxygen atoms in total. The summed E-state index contributed by atoms with van der Waals surface area (Å²) in [6, 6.07) is 10.0. The van der Waals surface area contributed by atoms with Crippen LogP contribution in [-0.4, -0.2) is 7.11 Å². The normalized spacial score (nSPS) is 10.6. The Morgan fingerprint density at radius 2 is 2.06 bits per heavy atom. The Morgan fingerprint density at radius 1 is 1.22 bits per heavy atom. The highest BCUT2D eigenvalue weighted by molar-refractivity contribution is 7.11. The molecule has 0 amide bonds. The third-order valence-corrected chi connectivity index (χ3v) is 3.76. The van der Waals surface area contributed by atoms with Crippen LogP contribution in [0.4, 0.5) is 5.69 Å². The van der Waals surface area contributed by atoms with Gasteiger partial charge in [0.1, 0.15) is 5.75 Å². The predicted octanol–water partition coefficient (Wildman–Crippen LogP) is 2.94. The van der Waals surface area contributed by atoms with Crippen LogP contribution in [0.15, 0.2) is 30.3 Å². The summed E-state index contributed by atoms with van der Waals surface area (Å²) in [5.41, 5.74) is 7.80. The average Bonchev–Trinajstić information content (AvgIpc) is 2.77. The standard InChI is InChI=1S/C14H18N2OS/c1-10-3-5-13(18-10)9-16-8-11-7-12(17-2)4-6-14(11)15/h3-7,16H,8-9,15H2,1-2H3. The fourth-order valence-corrected chi connectivity index (χ4v) is 2.62. The third-order valence-electron chi connectivity index (χ3n) is 2.76. The maximum Gasteiger partial charge on any atom is 0.119 e. The van der Waals surface area contributed by atoms with Crippen molar-refractivity contribution in [2.24, 2.45) is 0 Å². The smallest absolute Gasteiger partial charge is 0.119 e. The zero-order valence-electron chi connectivity index (χ0n) is 10.7. The number of thiophene rings is 1. The first-order chi connectivity index (χ1) is 8.69. The average molecular weight is 262 g/mol. The minimum Gasteiger partial charge on any atom is -0.497 e. The van der Waals surface area contributed by atoms with Gasteiger partial charge in [-0.25, -0.2) is 0 Å². The van der Waals surface area contributed by atoms with E-state index in [0.29, 0.717) is 0 Å². The molecule has 2 aromatic rings. The number of benzene rings is 1. The van der Waals surface area contributed by atoms with E-state index in [1.165, 1.54) is 9.75 Å². The molecular weight excluding hydrogens is 244 g/mol. The van der Waals surface area contributed by atoms with E-state index in [0.717, 1.165) is 30.1 Å². The van der Waals surface area contributed by atoms with Crippen molar-refractivity contribution in [1.82, 2.24) is 5.32 Å². The van der Waals surface area contributed by atoms with Gasteiger partial charge in [0.2, 0.25) is 0 Å². The van der Waals surface area contributed by atoms with Crippen LogP contribution in [0.25, 0.3) is 0 Å². The number of aryl methyl sites for hydroxylation is 1. The van der Waals surface area contributed by atoms with E-state index in [1.54, 1.807) is 7.11 Å². The maximum absolute atomic E-state index is 5.93. The van der Waals surface area contributed by atoms with Gasteiger partial charge in [0, 0.05) is 28.5 Å². The summed E-state index contributed by atoms with van der Waals surface area (Å²) in [6.07, 6.45) is 0. The fourth-order valence-electron chi connectivity index (χ4n) is 1.76. The molecule has 18 heavy (non-hydrogen) atoms. The lowest BCUT2D eigenvalue weighted by molar-refractivity contribution is 0.414. The van der Waals surface area contributed by atoms with Gasteiger partial charge in [0.25, 0.3) is 0 Å². The Bertz CT molecular complexity index is 522. The molecule has 2 rings (SSSR count). The maximum atomic E-state index is 5.93. The summed E-state index contributed by atoms with van der Waals surface area (Å²) in [5, 5.41) is 3.40. The number of hydrogen-bond donors (Lipinski definition) is 2. The van der Waals surface area contributed by atoms with Crippen molar-refractivity contribution in [2.75, 3.05) is 12.8 Å². The first-order valence-electron chi connectivity index (χ1n) is 5.87. The minimum atomic E-state index is 0.750. The molecule has 4 heteroatoms. The third kappa shape index (κ3) is 3.24. The molecule has 0 unspecified atom stereocenters. The van der Waals surface area contributed by atoms with Crippen LogP contribution in [0.1, 0.15) is 15.3 Å². The molecule has 0 fully saturated rings. The molecule has 96 valence electrons. The Morgan fingerprint density at radius 3 is 2.72 bits per heavy atom. The van der Waals surface area contributed by atoms with Crippen molar-refractivity contribution in [3.8, 4) is 5.75 Å². The zero-order valence-corrected chi connectivity index (χ0v) is 11.5. The highest BCUT2D eigenvalue weighted by atomic mass is 32.1. The highest BCUT2D eigenvalue weighted by Crippen LogP contribution is 2.20. The zero-order chi connectivity index (χ0) is 13.0. The van der Waals surface area contributed by atoms with E-state index in [-0.39, 0.29) is 0 Å². The van der Waals surface area contributed by atoms with Gasteiger partial charge in [-0.15, -0.1) is 11.3 Å². The number of anilines is 1. The van der Waals surface area contributed by atoms with Crippen LogP contribution >= 0.6 is 11.3 Å². The van der Waals surface area contributed by atoms with E-state index in [1.807, 2.05) is 29.5 Å². The molecule has 0 saturated carbocycles. The second-order valence-electron chi connectivity index (χ2n) is 4.18. The largest absolute Gasteiger partial charge is 0.497 e. The van der Waals surface area contributed by atoms with Gasteiger partial charge in [-0.2, -0.15) is 0 Å². The molecule has 3 N–H and O–H groups in total. The van der Waals surface area contributed by atoms with Gasteiger partial charge < -0.3 is 15.8 Å². The summed E-state index contributed by atoms with van der Waals surface area (Å²) >= 11 is 1.82. The molecule has 0 spiro atoms. The van der Waals surface area contributed by atoms with Crippen molar-refractivity contribution in [3.63, 3.8) is 0 Å². The minimum absolute atomic E-state index is 0.750. The Kier molecular flexibility index (Phi) is 4.23. The molecule has 0 aliphatic heterocycles. The first-order valence-corrected chi connectivity index (χ1v) is 6.69. The van der Waals surface area contributed by atoms with Crippen LogP contribution in [0.3, 0.4) is 0 Å². The van der Waals surface area contributed by atoms with Gasteiger partial charge >= 0.3 is 0 Å². The molecule has 0 aliphatic carbocycles. The quantitative estimate of drug-likeness (QED) is 0.814. The lowest BCUT2D eigenvalue weighted by Gasteiger charge is -2.09. The highest BCUT2D eigenvalue weighted by Gasteiger charge is 2.02. The van der Waals surface area contributed by atoms with Crippen LogP contribution in [0, 0.1) is 6.92 Å². The number of nitrogens with two attached hydrogens (primary N) is 1. The Balaban J connectivity index is 1.93. The van der Waals surface area contributed by atoms with E-state index in [4.69, 9.17) is 10.5 Å². The van der Waals surface area contributed by atoms with Crippen molar-refractivity contribution < 1.29 is 4.74 Å². The van der Waals surface area contributed by atoms with Crippen molar-refractivity contribution in [1.29, 1.82) is 0 Å². The molecule has 0 bridgehead atoms. The van der Waals surface area contributed by atoms with Crippen molar-refractivity contribution in [3.05, 3.63) is 45.6 Å². The summed E-state index contributed by atoms with van der Waals surface area (Å²) in [6.45, 7) is 3.74. The fraction of sp³-hybridized carbons (Fsp3) is 0.286. The van der Waals surface area contributed by atoms with Crippen molar-refractivity contribution >= 4 is 17.0 Å². The molecule has 1 aromatic carbocycles. The number of nitrogens with one attached hydrogen (secondary N) is 1. The molecule has 0 saturated heterocycles. The lowest BCUT2D eigenvalue weighted by Crippen LogP contribution is -2.13. The van der Waals surface area contributed by atoms with E-state index in [9.17, 15) is 0 Å². The SMILES string of the molecule is COc1ccc(N)c(CNCc2ccc(C)s2)c1. The number of nitrogen functional groups attached to an aromatic ring is 1. The van der Waals surface area contributed by atoms with Gasteiger partial charge in [0.15, 0.2) is 0 Å².